The van der Waals surface area contributed by atoms with Crippen LogP contribution in [0, 0.1) is 0 Å². The topological polar surface area (TPSA) is 3.24 Å². The summed E-state index contributed by atoms with van der Waals surface area (Å²) < 4.78 is 0. The lowest BCUT2D eigenvalue weighted by Crippen LogP contribution is -2.72. The van der Waals surface area contributed by atoms with E-state index in [4.69, 9.17) is 0 Å². The molecule has 1 heterocycles. The fourth-order valence-corrected chi connectivity index (χ4v) is 18.5. The molecule has 14 rings (SSSR count). The zero-order chi connectivity index (χ0) is 48.0. The number of benzene rings is 11. The van der Waals surface area contributed by atoms with Crippen molar-refractivity contribution in [3.8, 4) is 44.5 Å². The third-order valence-corrected chi connectivity index (χ3v) is 21.2. The highest BCUT2D eigenvalue weighted by atomic mass is 28.3. The molecule has 0 radical (unpaired) electrons. The lowest BCUT2D eigenvalue weighted by molar-refractivity contribution is 0.660. The van der Waals surface area contributed by atoms with Crippen LogP contribution in [-0.2, 0) is 10.8 Å². The minimum Gasteiger partial charge on any atom is -0.310 e. The molecule has 2 heteroatoms. The quantitative estimate of drug-likeness (QED) is 0.137. The van der Waals surface area contributed by atoms with Crippen molar-refractivity contribution in [2.75, 3.05) is 4.90 Å². The van der Waals surface area contributed by atoms with Gasteiger partial charge in [0.1, 0.15) is 0 Å². The molecule has 340 valence electrons. The molecule has 0 aromatic heterocycles. The zero-order valence-corrected chi connectivity index (χ0v) is 41.4. The monoisotopic (exact) mass is 933 g/mol. The van der Waals surface area contributed by atoms with E-state index in [0.717, 1.165) is 17.1 Å². The van der Waals surface area contributed by atoms with Crippen LogP contribution in [0.5, 0.6) is 0 Å². The van der Waals surface area contributed by atoms with Gasteiger partial charge in [-0.2, -0.15) is 0 Å². The van der Waals surface area contributed by atoms with Gasteiger partial charge < -0.3 is 4.90 Å². The second kappa shape index (κ2) is 16.2. The van der Waals surface area contributed by atoms with Crippen molar-refractivity contribution in [2.24, 2.45) is 0 Å². The molecule has 1 nitrogen and oxygen atoms in total. The molecular weight excluding hydrogens is 883 g/mol. The van der Waals surface area contributed by atoms with Gasteiger partial charge in [0.15, 0.2) is 8.07 Å². The SMILES string of the molecule is CC1(C)c2ccccc2-c2ccc(N(c3cc(-c4ccccc4)cc([Si]4(c5ccccc5)c5ccccc5-c5ccccc54)c3)c3ccc4c(c3)C(c3ccccc3)(c3ccccc3)c3ccccc3-4)cc21. The van der Waals surface area contributed by atoms with Crippen LogP contribution >= 0.6 is 0 Å². The molecule has 0 spiro atoms. The Labute approximate surface area is 424 Å². The Balaban J connectivity index is 1.09. The van der Waals surface area contributed by atoms with Crippen molar-refractivity contribution in [1.29, 1.82) is 0 Å². The van der Waals surface area contributed by atoms with Crippen LogP contribution in [0.4, 0.5) is 17.1 Å². The number of fused-ring (bicyclic) bond motifs is 9. The van der Waals surface area contributed by atoms with E-state index < -0.39 is 13.5 Å². The van der Waals surface area contributed by atoms with Gasteiger partial charge in [0, 0.05) is 22.5 Å². The minimum absolute atomic E-state index is 0.193. The predicted octanol–water partition coefficient (Wildman–Crippen LogP) is 14.9. The van der Waals surface area contributed by atoms with Gasteiger partial charge in [-0.15, -0.1) is 0 Å². The summed E-state index contributed by atoms with van der Waals surface area (Å²) in [7, 11) is -2.95. The summed E-state index contributed by atoms with van der Waals surface area (Å²) in [6, 6.07) is 103. The van der Waals surface area contributed by atoms with Gasteiger partial charge in [0.25, 0.3) is 0 Å². The van der Waals surface area contributed by atoms with Gasteiger partial charge in [-0.1, -0.05) is 250 Å². The van der Waals surface area contributed by atoms with Gasteiger partial charge in [-0.05, 0) is 135 Å². The summed E-state index contributed by atoms with van der Waals surface area (Å²) in [5, 5.41) is 5.61. The van der Waals surface area contributed by atoms with Crippen LogP contribution in [0.1, 0.15) is 47.2 Å². The largest absolute Gasteiger partial charge is 0.310 e. The molecule has 0 atom stereocenters. The highest BCUT2D eigenvalue weighted by Crippen LogP contribution is 2.58. The lowest BCUT2D eigenvalue weighted by Gasteiger charge is -2.36. The first kappa shape index (κ1) is 42.3. The number of hydrogen-bond donors (Lipinski definition) is 0. The fraction of sp³-hybridized carbons (Fsp3) is 0.0571. The summed E-state index contributed by atoms with van der Waals surface area (Å²) >= 11 is 0. The number of rotatable bonds is 8. The molecule has 0 amide bonds. The molecule has 3 aliphatic rings. The van der Waals surface area contributed by atoms with Gasteiger partial charge in [0.2, 0.25) is 0 Å². The average molecular weight is 934 g/mol. The summed E-state index contributed by atoms with van der Waals surface area (Å²) in [6.07, 6.45) is 0. The molecule has 0 saturated carbocycles. The smallest absolute Gasteiger partial charge is 0.180 e. The van der Waals surface area contributed by atoms with E-state index in [1.165, 1.54) is 98.6 Å². The first-order valence-corrected chi connectivity index (χ1v) is 27.3. The molecule has 0 N–H and O–H groups in total. The third-order valence-electron chi connectivity index (χ3n) is 16.4. The second-order valence-corrected chi connectivity index (χ2v) is 24.1. The van der Waals surface area contributed by atoms with Crippen molar-refractivity contribution in [1.82, 2.24) is 0 Å². The summed E-state index contributed by atoms with van der Waals surface area (Å²) in [5.41, 5.74) is 20.7. The van der Waals surface area contributed by atoms with Crippen molar-refractivity contribution in [3.05, 3.63) is 306 Å². The van der Waals surface area contributed by atoms with Gasteiger partial charge in [-0.25, -0.2) is 0 Å². The Kier molecular flexibility index (Phi) is 9.55. The lowest BCUT2D eigenvalue weighted by atomic mass is 9.67. The standard InChI is InChI=1S/C70H51NSi/c1-69(2)63-35-19-15-31-57(63)59-41-39-52(46-65(59)69)71(53-40-42-60-58-32-16-20-36-64(58)70(66(60)47-53,50-25-9-4-10-26-50)51-27-11-5-12-28-51)54-43-49(48-23-7-3-8-24-48)44-56(45-54)72(55-29-13-6-14-30-55)67-37-21-17-33-61(67)62-34-18-22-38-68(62)72/h3-47H,1-2H3. The van der Waals surface area contributed by atoms with E-state index in [1.807, 2.05) is 0 Å². The van der Waals surface area contributed by atoms with E-state index in [-0.39, 0.29) is 5.41 Å². The first-order chi connectivity index (χ1) is 35.5. The van der Waals surface area contributed by atoms with E-state index in [1.54, 1.807) is 0 Å². The van der Waals surface area contributed by atoms with Crippen molar-refractivity contribution in [2.45, 2.75) is 24.7 Å². The maximum atomic E-state index is 2.58. The normalized spacial score (nSPS) is 14.6. The number of hydrogen-bond acceptors (Lipinski definition) is 1. The van der Waals surface area contributed by atoms with Gasteiger partial charge >= 0.3 is 0 Å². The van der Waals surface area contributed by atoms with Gasteiger partial charge in [-0.3, -0.25) is 0 Å². The molecule has 1 aliphatic heterocycles. The Bertz CT molecular complexity index is 3810. The van der Waals surface area contributed by atoms with Crippen molar-refractivity contribution in [3.63, 3.8) is 0 Å². The predicted molar refractivity (Wildman–Crippen MR) is 304 cm³/mol. The Morgan fingerprint density at radius 3 is 1.33 bits per heavy atom. The van der Waals surface area contributed by atoms with Crippen molar-refractivity contribution < 1.29 is 0 Å². The van der Waals surface area contributed by atoms with Crippen LogP contribution in [0.15, 0.2) is 273 Å². The molecule has 0 saturated heterocycles. The van der Waals surface area contributed by atoms with Crippen LogP contribution in [0.2, 0.25) is 0 Å². The number of anilines is 3. The molecule has 0 fully saturated rings. The van der Waals surface area contributed by atoms with Crippen LogP contribution < -0.4 is 25.6 Å². The highest BCUT2D eigenvalue weighted by molar-refractivity contribution is 7.22. The molecule has 11 aromatic rings. The summed E-state index contributed by atoms with van der Waals surface area (Å²) in [5.74, 6) is 0. The second-order valence-electron chi connectivity index (χ2n) is 20.3. The Morgan fingerprint density at radius 2 is 0.736 bits per heavy atom. The molecule has 11 aromatic carbocycles. The van der Waals surface area contributed by atoms with E-state index in [9.17, 15) is 0 Å². The molecular formula is C70H51NSi. The zero-order valence-electron chi connectivity index (χ0n) is 40.4. The van der Waals surface area contributed by atoms with Crippen molar-refractivity contribution >= 4 is 45.9 Å². The summed E-state index contributed by atoms with van der Waals surface area (Å²) in [6.45, 7) is 4.79. The first-order valence-electron chi connectivity index (χ1n) is 25.3. The summed E-state index contributed by atoms with van der Waals surface area (Å²) in [4.78, 5) is 2.58. The average Bonchev–Trinajstić information content (AvgIpc) is 4.01. The number of nitrogens with zero attached hydrogens (tertiary/aromatic N) is 1. The fourth-order valence-electron chi connectivity index (χ4n) is 13.3. The van der Waals surface area contributed by atoms with Crippen LogP contribution in [0.3, 0.4) is 0 Å². The highest BCUT2D eigenvalue weighted by Gasteiger charge is 2.50. The Morgan fingerprint density at radius 1 is 0.292 bits per heavy atom. The van der Waals surface area contributed by atoms with E-state index in [0.29, 0.717) is 0 Å². The molecule has 2 aliphatic carbocycles. The van der Waals surface area contributed by atoms with E-state index >= 15 is 0 Å². The maximum absolute atomic E-state index is 2.95. The maximum Gasteiger partial charge on any atom is 0.180 e. The van der Waals surface area contributed by atoms with Crippen LogP contribution in [-0.4, -0.2) is 8.07 Å². The van der Waals surface area contributed by atoms with E-state index in [2.05, 4.69) is 292 Å². The molecule has 0 unspecified atom stereocenters. The molecule has 0 bridgehead atoms. The molecule has 72 heavy (non-hydrogen) atoms. The Hall–Kier alpha value is -8.56. The van der Waals surface area contributed by atoms with Crippen LogP contribution in [0.25, 0.3) is 44.5 Å². The van der Waals surface area contributed by atoms with Gasteiger partial charge in [0.05, 0.1) is 5.41 Å². The third kappa shape index (κ3) is 6.00. The minimum atomic E-state index is -2.95.